The summed E-state index contributed by atoms with van der Waals surface area (Å²) in [5.74, 6) is -1.29. The van der Waals surface area contributed by atoms with Crippen LogP contribution in [0.15, 0.2) is 30.3 Å². The van der Waals surface area contributed by atoms with Crippen LogP contribution in [-0.2, 0) is 20.9 Å². The highest BCUT2D eigenvalue weighted by atomic mass is 32.1. The van der Waals surface area contributed by atoms with Crippen LogP contribution in [0.25, 0.3) is 0 Å². The van der Waals surface area contributed by atoms with Gasteiger partial charge in [-0.05, 0) is 17.8 Å². The first-order valence-corrected chi connectivity index (χ1v) is 8.50. The highest BCUT2D eigenvalue weighted by molar-refractivity contribution is 7.80. The molecule has 134 valence electrons. The number of carbonyl (C=O) groups excluding carboxylic acids is 3. The largest absolute Gasteiger partial charge is 0.338 e. The first-order valence-electron chi connectivity index (χ1n) is 8.09. The molecule has 1 aliphatic heterocycles. The molecule has 3 amide bonds. The molecule has 1 atom stereocenters. The van der Waals surface area contributed by atoms with E-state index in [1.807, 2.05) is 30.3 Å². The van der Waals surface area contributed by atoms with Crippen molar-refractivity contribution in [2.45, 2.75) is 26.8 Å². The predicted molar refractivity (Wildman–Crippen MR) is 96.8 cm³/mol. The van der Waals surface area contributed by atoms with Crippen molar-refractivity contribution in [3.8, 4) is 0 Å². The Morgan fingerprint density at radius 1 is 1.24 bits per heavy atom. The van der Waals surface area contributed by atoms with Crippen LogP contribution < -0.4 is 16.2 Å². The van der Waals surface area contributed by atoms with Gasteiger partial charge in [-0.2, -0.15) is 0 Å². The maximum atomic E-state index is 12.2. The molecule has 8 heteroatoms. The molecule has 1 aliphatic rings. The summed E-state index contributed by atoms with van der Waals surface area (Å²) in [6, 6.07) is 9.63. The van der Waals surface area contributed by atoms with Crippen molar-refractivity contribution >= 4 is 35.1 Å². The summed E-state index contributed by atoms with van der Waals surface area (Å²) in [5.41, 5.74) is 5.97. The van der Waals surface area contributed by atoms with Crippen molar-refractivity contribution < 1.29 is 14.4 Å². The first kappa shape index (κ1) is 18.9. The molecular formula is C17H22N4O3S. The Kier molecular flexibility index (Phi) is 6.46. The smallest absolute Gasteiger partial charge is 0.243 e. The van der Waals surface area contributed by atoms with E-state index in [1.54, 1.807) is 18.7 Å². The van der Waals surface area contributed by atoms with E-state index >= 15 is 0 Å². The highest BCUT2D eigenvalue weighted by Gasteiger charge is 2.34. The average molecular weight is 362 g/mol. The van der Waals surface area contributed by atoms with Gasteiger partial charge in [0.15, 0.2) is 5.11 Å². The lowest BCUT2D eigenvalue weighted by atomic mass is 10.1. The lowest BCUT2D eigenvalue weighted by Crippen LogP contribution is -2.51. The number of nitrogens with one attached hydrogen (secondary N) is 3. The Labute approximate surface area is 152 Å². The lowest BCUT2D eigenvalue weighted by Gasteiger charge is -2.17. The van der Waals surface area contributed by atoms with Crippen LogP contribution in [-0.4, -0.2) is 34.3 Å². The minimum Gasteiger partial charge on any atom is -0.338 e. The SMILES string of the molecule is CC(C)C(=O)NC(=S)NNC(=O)C1CC(=O)N(Cc2ccccc2)C1. The number of benzene rings is 1. The van der Waals surface area contributed by atoms with Crippen LogP contribution in [0.5, 0.6) is 0 Å². The molecular weight excluding hydrogens is 340 g/mol. The third kappa shape index (κ3) is 5.53. The van der Waals surface area contributed by atoms with Gasteiger partial charge in [0.25, 0.3) is 0 Å². The third-order valence-electron chi connectivity index (χ3n) is 3.86. The molecule has 0 aliphatic carbocycles. The van der Waals surface area contributed by atoms with E-state index in [1.165, 1.54) is 0 Å². The van der Waals surface area contributed by atoms with Gasteiger partial charge in [-0.3, -0.25) is 25.2 Å². The average Bonchev–Trinajstić information content (AvgIpc) is 2.94. The number of hydrazine groups is 1. The van der Waals surface area contributed by atoms with Crippen molar-refractivity contribution in [2.24, 2.45) is 11.8 Å². The fourth-order valence-electron chi connectivity index (χ4n) is 2.41. The highest BCUT2D eigenvalue weighted by Crippen LogP contribution is 2.20. The zero-order chi connectivity index (χ0) is 18.4. The second-order valence-electron chi connectivity index (χ2n) is 6.25. The van der Waals surface area contributed by atoms with E-state index in [-0.39, 0.29) is 35.2 Å². The molecule has 2 rings (SSSR count). The minimum absolute atomic E-state index is 0.0255. The molecule has 0 bridgehead atoms. The third-order valence-corrected chi connectivity index (χ3v) is 4.07. The maximum Gasteiger partial charge on any atom is 0.243 e. The zero-order valence-electron chi connectivity index (χ0n) is 14.2. The standard InChI is InChI=1S/C17H22N4O3S/c1-11(2)15(23)18-17(25)20-19-16(24)13-8-14(22)21(10-13)9-12-6-4-3-5-7-12/h3-7,11,13H,8-10H2,1-2H3,(H,19,24)(H2,18,20,23,25). The van der Waals surface area contributed by atoms with Gasteiger partial charge in [-0.1, -0.05) is 44.2 Å². The molecule has 1 fully saturated rings. The zero-order valence-corrected chi connectivity index (χ0v) is 15.1. The monoisotopic (exact) mass is 362 g/mol. The lowest BCUT2D eigenvalue weighted by molar-refractivity contribution is -0.129. The molecule has 1 heterocycles. The number of hydrogen-bond acceptors (Lipinski definition) is 4. The molecule has 1 aromatic carbocycles. The second-order valence-corrected chi connectivity index (χ2v) is 6.66. The summed E-state index contributed by atoms with van der Waals surface area (Å²) in [7, 11) is 0. The van der Waals surface area contributed by atoms with Gasteiger partial charge < -0.3 is 10.2 Å². The minimum atomic E-state index is -0.452. The molecule has 1 unspecified atom stereocenters. The summed E-state index contributed by atoms with van der Waals surface area (Å²) in [4.78, 5) is 37.5. The number of likely N-dealkylation sites (tertiary alicyclic amines) is 1. The predicted octanol–water partition coefficient (Wildman–Crippen LogP) is 0.713. The molecule has 1 saturated heterocycles. The van der Waals surface area contributed by atoms with Crippen LogP contribution in [0, 0.1) is 11.8 Å². The van der Waals surface area contributed by atoms with Gasteiger partial charge in [-0.25, -0.2) is 0 Å². The topological polar surface area (TPSA) is 90.5 Å². The number of thiocarbonyl (C=S) groups is 1. The van der Waals surface area contributed by atoms with E-state index in [0.29, 0.717) is 13.1 Å². The normalized spacial score (nSPS) is 16.7. The van der Waals surface area contributed by atoms with Crippen molar-refractivity contribution in [2.75, 3.05) is 6.54 Å². The van der Waals surface area contributed by atoms with Gasteiger partial charge in [0, 0.05) is 25.4 Å². The fourth-order valence-corrected chi connectivity index (χ4v) is 2.56. The first-order chi connectivity index (χ1) is 11.9. The van der Waals surface area contributed by atoms with Crippen LogP contribution >= 0.6 is 12.2 Å². The molecule has 1 aromatic rings. The van der Waals surface area contributed by atoms with Crippen LogP contribution in [0.2, 0.25) is 0 Å². The Bertz CT molecular complexity index is 663. The van der Waals surface area contributed by atoms with Crippen molar-refractivity contribution in [3.63, 3.8) is 0 Å². The molecule has 3 N–H and O–H groups in total. The summed E-state index contributed by atoms with van der Waals surface area (Å²) >= 11 is 4.94. The molecule has 0 spiro atoms. The number of rotatable bonds is 4. The molecule has 7 nitrogen and oxygen atoms in total. The number of hydrogen-bond donors (Lipinski definition) is 3. The Balaban J connectivity index is 1.80. The maximum absolute atomic E-state index is 12.2. The van der Waals surface area contributed by atoms with E-state index < -0.39 is 5.92 Å². The van der Waals surface area contributed by atoms with Gasteiger partial charge in [0.2, 0.25) is 17.7 Å². The Morgan fingerprint density at radius 3 is 2.56 bits per heavy atom. The van der Waals surface area contributed by atoms with Gasteiger partial charge in [-0.15, -0.1) is 0 Å². The van der Waals surface area contributed by atoms with E-state index in [2.05, 4.69) is 16.2 Å². The number of nitrogens with zero attached hydrogens (tertiary/aromatic N) is 1. The summed E-state index contributed by atoms with van der Waals surface area (Å²) < 4.78 is 0. The quantitative estimate of drug-likeness (QED) is 0.542. The van der Waals surface area contributed by atoms with Crippen molar-refractivity contribution in [1.29, 1.82) is 0 Å². The van der Waals surface area contributed by atoms with Crippen LogP contribution in [0.3, 0.4) is 0 Å². The van der Waals surface area contributed by atoms with Crippen molar-refractivity contribution in [3.05, 3.63) is 35.9 Å². The summed E-state index contributed by atoms with van der Waals surface area (Å²) in [5, 5.41) is 2.49. The van der Waals surface area contributed by atoms with Gasteiger partial charge in [0.05, 0.1) is 5.92 Å². The van der Waals surface area contributed by atoms with E-state index in [0.717, 1.165) is 5.56 Å². The summed E-state index contributed by atoms with van der Waals surface area (Å²) in [6.07, 6.45) is 0.158. The molecule has 0 radical (unpaired) electrons. The number of amides is 3. The molecule has 25 heavy (non-hydrogen) atoms. The second kappa shape index (κ2) is 8.57. The molecule has 0 saturated carbocycles. The fraction of sp³-hybridized carbons (Fsp3) is 0.412. The molecule has 0 aromatic heterocycles. The van der Waals surface area contributed by atoms with Gasteiger partial charge in [0.1, 0.15) is 0 Å². The van der Waals surface area contributed by atoms with E-state index in [9.17, 15) is 14.4 Å². The number of carbonyl (C=O) groups is 3. The summed E-state index contributed by atoms with van der Waals surface area (Å²) in [6.45, 7) is 4.32. The Morgan fingerprint density at radius 2 is 1.92 bits per heavy atom. The van der Waals surface area contributed by atoms with E-state index in [4.69, 9.17) is 12.2 Å². The van der Waals surface area contributed by atoms with Crippen LogP contribution in [0.4, 0.5) is 0 Å². The Hall–Kier alpha value is -2.48. The van der Waals surface area contributed by atoms with Crippen LogP contribution in [0.1, 0.15) is 25.8 Å². The van der Waals surface area contributed by atoms with Crippen molar-refractivity contribution in [1.82, 2.24) is 21.1 Å². The van der Waals surface area contributed by atoms with Gasteiger partial charge >= 0.3 is 0 Å².